The van der Waals surface area contributed by atoms with Crippen LogP contribution in [0.15, 0.2) is 53.8 Å². The Bertz CT molecular complexity index is 789. The standard InChI is InChI=1S/C26H36O3/c1-18-12-14-21(25(3,4)20-10-8-7-9-11-20)22(16-18)29-24(27)26(5)17-19(2)13-15-23(26)28-6/h7-11,15,17-18,21-22H,12-14,16H2,1-6H3/t18-,21-,22-,26?/m1/s1. The van der Waals surface area contributed by atoms with Gasteiger partial charge in [0, 0.05) is 5.92 Å². The molecule has 1 unspecified atom stereocenters. The molecule has 3 heteroatoms. The summed E-state index contributed by atoms with van der Waals surface area (Å²) in [6.07, 6.45) is 7.90. The van der Waals surface area contributed by atoms with Crippen molar-refractivity contribution in [1.82, 2.24) is 0 Å². The molecule has 0 radical (unpaired) electrons. The van der Waals surface area contributed by atoms with Crippen LogP contribution in [-0.4, -0.2) is 19.2 Å². The van der Waals surface area contributed by atoms with Crippen molar-refractivity contribution in [3.05, 3.63) is 59.4 Å². The molecule has 1 saturated carbocycles. The zero-order valence-corrected chi connectivity index (χ0v) is 18.8. The van der Waals surface area contributed by atoms with Crippen molar-refractivity contribution in [1.29, 1.82) is 0 Å². The maximum Gasteiger partial charge on any atom is 0.323 e. The highest BCUT2D eigenvalue weighted by atomic mass is 16.5. The lowest BCUT2D eigenvalue weighted by Crippen LogP contribution is -2.45. The Morgan fingerprint density at radius 1 is 1.17 bits per heavy atom. The first-order valence-corrected chi connectivity index (χ1v) is 10.9. The van der Waals surface area contributed by atoms with Crippen molar-refractivity contribution in [2.45, 2.75) is 71.8 Å². The maximum atomic E-state index is 13.4. The molecule has 1 aromatic carbocycles. The van der Waals surface area contributed by atoms with Crippen molar-refractivity contribution >= 4 is 5.97 Å². The lowest BCUT2D eigenvalue weighted by Gasteiger charge is -2.45. The maximum absolute atomic E-state index is 13.4. The third-order valence-corrected chi connectivity index (χ3v) is 7.06. The van der Waals surface area contributed by atoms with Gasteiger partial charge in [-0.3, -0.25) is 4.79 Å². The molecule has 2 aliphatic carbocycles. The number of hydrogen-bond donors (Lipinski definition) is 0. The van der Waals surface area contributed by atoms with Crippen molar-refractivity contribution < 1.29 is 14.3 Å². The van der Waals surface area contributed by atoms with E-state index in [0.717, 1.165) is 19.3 Å². The van der Waals surface area contributed by atoms with Crippen LogP contribution in [0.1, 0.15) is 65.9 Å². The van der Waals surface area contributed by atoms with Crippen LogP contribution in [0.25, 0.3) is 0 Å². The topological polar surface area (TPSA) is 35.5 Å². The molecule has 0 N–H and O–H groups in total. The Kier molecular flexibility index (Phi) is 6.26. The van der Waals surface area contributed by atoms with E-state index in [-0.39, 0.29) is 23.4 Å². The molecule has 2 aliphatic rings. The van der Waals surface area contributed by atoms with Gasteiger partial charge in [0.15, 0.2) is 0 Å². The summed E-state index contributed by atoms with van der Waals surface area (Å²) >= 11 is 0. The molecular weight excluding hydrogens is 360 g/mol. The Morgan fingerprint density at radius 2 is 1.86 bits per heavy atom. The fourth-order valence-corrected chi connectivity index (χ4v) is 5.17. The Morgan fingerprint density at radius 3 is 2.52 bits per heavy atom. The van der Waals surface area contributed by atoms with Gasteiger partial charge in [0.25, 0.3) is 0 Å². The van der Waals surface area contributed by atoms with Crippen LogP contribution in [0.4, 0.5) is 0 Å². The van der Waals surface area contributed by atoms with Crippen LogP contribution in [0, 0.1) is 17.3 Å². The highest BCUT2D eigenvalue weighted by molar-refractivity contribution is 5.83. The number of methoxy groups -OCH3 is 1. The molecule has 1 fully saturated rings. The van der Waals surface area contributed by atoms with Gasteiger partial charge in [-0.25, -0.2) is 0 Å². The fourth-order valence-electron chi connectivity index (χ4n) is 5.17. The molecule has 0 heterocycles. The fraction of sp³-hybridized carbons (Fsp3) is 0.577. The highest BCUT2D eigenvalue weighted by Gasteiger charge is 2.46. The van der Waals surface area contributed by atoms with E-state index < -0.39 is 5.41 Å². The molecule has 1 aromatic rings. The minimum atomic E-state index is -0.848. The predicted octanol–water partition coefficient (Wildman–Crippen LogP) is 6.20. The van der Waals surface area contributed by atoms with Gasteiger partial charge in [-0.1, -0.05) is 69.2 Å². The van der Waals surface area contributed by atoms with E-state index in [1.165, 1.54) is 17.6 Å². The summed E-state index contributed by atoms with van der Waals surface area (Å²) in [7, 11) is 1.63. The number of carbonyl (C=O) groups is 1. The van der Waals surface area contributed by atoms with Crippen molar-refractivity contribution in [2.75, 3.05) is 7.11 Å². The van der Waals surface area contributed by atoms with Crippen LogP contribution in [0.5, 0.6) is 0 Å². The van der Waals surface area contributed by atoms with E-state index in [1.807, 2.05) is 19.1 Å². The SMILES string of the molecule is COC1=CCC(C)=CC1(C)C(=O)O[C@@H]1C[C@H](C)CC[C@H]1C(C)(C)c1ccccc1. The Labute approximate surface area is 176 Å². The van der Waals surface area contributed by atoms with Crippen LogP contribution in [0.2, 0.25) is 0 Å². The predicted molar refractivity (Wildman–Crippen MR) is 117 cm³/mol. The molecule has 0 spiro atoms. The number of ether oxygens (including phenoxy) is 2. The van der Waals surface area contributed by atoms with E-state index in [1.54, 1.807) is 7.11 Å². The van der Waals surface area contributed by atoms with Gasteiger partial charge >= 0.3 is 5.97 Å². The number of allylic oxidation sites excluding steroid dienone is 2. The first-order chi connectivity index (χ1) is 13.7. The molecule has 0 saturated heterocycles. The lowest BCUT2D eigenvalue weighted by atomic mass is 9.64. The van der Waals surface area contributed by atoms with Gasteiger partial charge in [-0.15, -0.1) is 0 Å². The summed E-state index contributed by atoms with van der Waals surface area (Å²) < 4.78 is 11.9. The lowest BCUT2D eigenvalue weighted by molar-refractivity contribution is -0.165. The van der Waals surface area contributed by atoms with E-state index in [9.17, 15) is 4.79 Å². The molecule has 3 rings (SSSR count). The van der Waals surface area contributed by atoms with Gasteiger partial charge < -0.3 is 9.47 Å². The normalized spacial score (nSPS) is 30.2. The van der Waals surface area contributed by atoms with Crippen LogP contribution >= 0.6 is 0 Å². The molecule has 29 heavy (non-hydrogen) atoms. The molecule has 0 aromatic heterocycles. The van der Waals surface area contributed by atoms with Gasteiger partial charge in [0.05, 0.1) is 7.11 Å². The quantitative estimate of drug-likeness (QED) is 0.439. The number of esters is 1. The first kappa shape index (κ1) is 21.7. The number of benzene rings is 1. The third kappa shape index (κ3) is 4.29. The number of carbonyl (C=O) groups excluding carboxylic acids is 1. The molecule has 0 amide bonds. The van der Waals surface area contributed by atoms with Crippen molar-refractivity contribution in [2.24, 2.45) is 17.3 Å². The summed E-state index contributed by atoms with van der Waals surface area (Å²) in [6.45, 7) is 10.8. The molecule has 158 valence electrons. The van der Waals surface area contributed by atoms with Crippen molar-refractivity contribution in [3.8, 4) is 0 Å². The zero-order valence-electron chi connectivity index (χ0n) is 18.8. The van der Waals surface area contributed by atoms with Crippen molar-refractivity contribution in [3.63, 3.8) is 0 Å². The number of rotatable bonds is 5. The average Bonchev–Trinajstić information content (AvgIpc) is 2.68. The van der Waals surface area contributed by atoms with Gasteiger partial charge in [0.2, 0.25) is 0 Å². The minimum Gasteiger partial charge on any atom is -0.500 e. The zero-order chi connectivity index (χ0) is 21.2. The monoisotopic (exact) mass is 396 g/mol. The first-order valence-electron chi connectivity index (χ1n) is 10.9. The molecule has 0 aliphatic heterocycles. The second-order valence-corrected chi connectivity index (χ2v) is 9.73. The molecule has 3 nitrogen and oxygen atoms in total. The summed E-state index contributed by atoms with van der Waals surface area (Å²) in [6, 6.07) is 10.6. The van der Waals surface area contributed by atoms with Crippen LogP contribution < -0.4 is 0 Å². The largest absolute Gasteiger partial charge is 0.500 e. The third-order valence-electron chi connectivity index (χ3n) is 7.06. The summed E-state index contributed by atoms with van der Waals surface area (Å²) in [5, 5.41) is 0. The van der Waals surface area contributed by atoms with E-state index in [0.29, 0.717) is 11.7 Å². The summed E-state index contributed by atoms with van der Waals surface area (Å²) in [5.41, 5.74) is 1.56. The number of hydrogen-bond acceptors (Lipinski definition) is 3. The summed E-state index contributed by atoms with van der Waals surface area (Å²) in [4.78, 5) is 13.4. The van der Waals surface area contributed by atoms with Gasteiger partial charge in [-0.2, -0.15) is 0 Å². The highest BCUT2D eigenvalue weighted by Crippen LogP contribution is 2.45. The van der Waals surface area contributed by atoms with Gasteiger partial charge in [0.1, 0.15) is 17.3 Å². The smallest absolute Gasteiger partial charge is 0.323 e. The molecule has 0 bridgehead atoms. The van der Waals surface area contributed by atoms with Crippen LogP contribution in [0.3, 0.4) is 0 Å². The summed E-state index contributed by atoms with van der Waals surface area (Å²) in [5.74, 6) is 1.34. The van der Waals surface area contributed by atoms with Gasteiger partial charge in [-0.05, 0) is 56.1 Å². The average molecular weight is 397 g/mol. The van der Waals surface area contributed by atoms with Crippen LogP contribution in [-0.2, 0) is 19.7 Å². The second-order valence-electron chi connectivity index (χ2n) is 9.73. The minimum absolute atomic E-state index is 0.0640. The Hall–Kier alpha value is -2.03. The van der Waals surface area contributed by atoms with E-state index in [4.69, 9.17) is 9.47 Å². The molecular formula is C26H36O3. The van der Waals surface area contributed by atoms with E-state index >= 15 is 0 Å². The van der Waals surface area contributed by atoms with E-state index in [2.05, 4.69) is 58.0 Å². The molecule has 4 atom stereocenters. The second kappa shape index (κ2) is 8.38. The Balaban J connectivity index is 1.87.